The van der Waals surface area contributed by atoms with E-state index in [-0.39, 0.29) is 5.91 Å². The highest BCUT2D eigenvalue weighted by Crippen LogP contribution is 2.19. The molecule has 0 saturated heterocycles. The van der Waals surface area contributed by atoms with E-state index in [0.29, 0.717) is 23.5 Å². The van der Waals surface area contributed by atoms with Crippen LogP contribution in [0.2, 0.25) is 0 Å². The number of rotatable bonds is 6. The predicted molar refractivity (Wildman–Crippen MR) is 104 cm³/mol. The maximum absolute atomic E-state index is 12.6. The fraction of sp³-hybridized carbons (Fsp3) is 0.250. The number of para-hydroxylation sites is 1. The molecule has 1 aromatic carbocycles. The molecule has 6 nitrogen and oxygen atoms in total. The molecule has 0 aliphatic carbocycles. The molecule has 2 aromatic heterocycles. The molecule has 0 radical (unpaired) electrons. The third-order valence-corrected chi connectivity index (χ3v) is 5.04. The summed E-state index contributed by atoms with van der Waals surface area (Å²) >= 11 is 1.56. The van der Waals surface area contributed by atoms with Crippen LogP contribution in [-0.2, 0) is 16.1 Å². The maximum Gasteiger partial charge on any atom is 0.342 e. The van der Waals surface area contributed by atoms with Crippen LogP contribution in [0.25, 0.3) is 5.69 Å². The van der Waals surface area contributed by atoms with Gasteiger partial charge in [0.2, 0.25) is 0 Å². The number of carbonyl (C=O) groups excluding carboxylic acids is 2. The van der Waals surface area contributed by atoms with Crippen LogP contribution in [0.5, 0.6) is 0 Å². The van der Waals surface area contributed by atoms with Gasteiger partial charge in [-0.1, -0.05) is 24.3 Å². The highest BCUT2D eigenvalue weighted by atomic mass is 32.1. The Labute approximate surface area is 161 Å². The second-order valence-corrected chi connectivity index (χ2v) is 7.17. The number of nitrogens with one attached hydrogen (secondary N) is 1. The minimum absolute atomic E-state index is 0.331. The molecule has 0 spiro atoms. The normalized spacial score (nSPS) is 11.8. The third-order valence-electron chi connectivity index (χ3n) is 4.17. The van der Waals surface area contributed by atoms with E-state index in [2.05, 4.69) is 10.4 Å². The zero-order valence-electron chi connectivity index (χ0n) is 15.4. The second-order valence-electron chi connectivity index (χ2n) is 6.14. The maximum atomic E-state index is 12.6. The second kappa shape index (κ2) is 8.18. The first-order valence-electron chi connectivity index (χ1n) is 8.60. The lowest BCUT2D eigenvalue weighted by molar-refractivity contribution is -0.129. The summed E-state index contributed by atoms with van der Waals surface area (Å²) in [5, 5.41) is 9.16. The van der Waals surface area contributed by atoms with Crippen LogP contribution in [0.1, 0.15) is 33.5 Å². The van der Waals surface area contributed by atoms with E-state index in [0.717, 1.165) is 10.6 Å². The van der Waals surface area contributed by atoms with Crippen LogP contribution in [0, 0.1) is 13.8 Å². The van der Waals surface area contributed by atoms with Gasteiger partial charge in [0.15, 0.2) is 6.10 Å². The molecule has 3 rings (SSSR count). The number of nitrogens with zero attached hydrogens (tertiary/aromatic N) is 2. The smallest absolute Gasteiger partial charge is 0.342 e. The molecule has 0 unspecified atom stereocenters. The molecule has 1 atom stereocenters. The Balaban J connectivity index is 1.68. The van der Waals surface area contributed by atoms with E-state index in [1.165, 1.54) is 0 Å². The minimum Gasteiger partial charge on any atom is -0.449 e. The molecule has 7 heteroatoms. The van der Waals surface area contributed by atoms with E-state index >= 15 is 0 Å². The summed E-state index contributed by atoms with van der Waals surface area (Å²) in [6.45, 7) is 5.55. The van der Waals surface area contributed by atoms with Crippen LogP contribution in [0.4, 0.5) is 0 Å². The summed E-state index contributed by atoms with van der Waals surface area (Å²) in [6, 6.07) is 13.4. The van der Waals surface area contributed by atoms with Crippen molar-refractivity contribution in [3.63, 3.8) is 0 Å². The summed E-state index contributed by atoms with van der Waals surface area (Å²) in [6.07, 6.45) is -0.892. The number of hydrogen-bond acceptors (Lipinski definition) is 5. The van der Waals surface area contributed by atoms with Crippen LogP contribution >= 0.6 is 11.3 Å². The number of aromatic nitrogens is 2. The highest BCUT2D eigenvalue weighted by Gasteiger charge is 2.25. The molecule has 3 aromatic rings. The Kier molecular flexibility index (Phi) is 5.71. The van der Waals surface area contributed by atoms with Gasteiger partial charge in [0.25, 0.3) is 5.91 Å². The Morgan fingerprint density at radius 2 is 1.93 bits per heavy atom. The summed E-state index contributed by atoms with van der Waals surface area (Å²) < 4.78 is 7.08. The third kappa shape index (κ3) is 4.25. The van der Waals surface area contributed by atoms with Gasteiger partial charge >= 0.3 is 5.97 Å². The zero-order chi connectivity index (χ0) is 19.4. The van der Waals surface area contributed by atoms with Crippen molar-refractivity contribution in [2.45, 2.75) is 33.4 Å². The molecule has 0 saturated carbocycles. The molecular weight excluding hydrogens is 362 g/mol. The van der Waals surface area contributed by atoms with Crippen molar-refractivity contribution >= 4 is 23.2 Å². The first-order chi connectivity index (χ1) is 13.0. The molecule has 140 valence electrons. The fourth-order valence-corrected chi connectivity index (χ4v) is 3.41. The van der Waals surface area contributed by atoms with Crippen LogP contribution in [0.15, 0.2) is 47.8 Å². The van der Waals surface area contributed by atoms with Gasteiger partial charge in [0.1, 0.15) is 5.56 Å². The number of ether oxygens (including phenoxy) is 1. The molecular formula is C20H21N3O3S. The Bertz CT molecular complexity index is 933. The van der Waals surface area contributed by atoms with Crippen LogP contribution in [-0.4, -0.2) is 27.8 Å². The van der Waals surface area contributed by atoms with E-state index < -0.39 is 12.1 Å². The van der Waals surface area contributed by atoms with Crippen molar-refractivity contribution in [3.8, 4) is 5.69 Å². The Morgan fingerprint density at radius 3 is 2.59 bits per heavy atom. The molecule has 27 heavy (non-hydrogen) atoms. The molecule has 1 amide bonds. The zero-order valence-corrected chi connectivity index (χ0v) is 16.2. The average molecular weight is 383 g/mol. The standard InChI is InChI=1S/C20H21N3O3S/c1-13-18(14(2)23(22-13)16-8-5-4-6-9-16)20(25)26-15(3)19(24)21-12-17-10-7-11-27-17/h4-11,15H,12H2,1-3H3,(H,21,24)/t15-/m0/s1. The lowest BCUT2D eigenvalue weighted by Gasteiger charge is -2.13. The van der Waals surface area contributed by atoms with Crippen molar-refractivity contribution in [2.75, 3.05) is 0 Å². The number of carbonyl (C=O) groups is 2. The van der Waals surface area contributed by atoms with Crippen molar-refractivity contribution < 1.29 is 14.3 Å². The first kappa shape index (κ1) is 18.8. The van der Waals surface area contributed by atoms with Gasteiger partial charge in [0.05, 0.1) is 23.6 Å². The number of benzene rings is 1. The molecule has 0 bridgehead atoms. The summed E-state index contributed by atoms with van der Waals surface area (Å²) in [7, 11) is 0. The highest BCUT2D eigenvalue weighted by molar-refractivity contribution is 7.09. The molecule has 1 N–H and O–H groups in total. The molecule has 0 aliphatic rings. The van der Waals surface area contributed by atoms with Crippen LogP contribution < -0.4 is 5.32 Å². The summed E-state index contributed by atoms with van der Waals surface area (Å²) in [5.74, 6) is -0.881. The monoisotopic (exact) mass is 383 g/mol. The van der Waals surface area contributed by atoms with E-state index in [9.17, 15) is 9.59 Å². The molecule has 2 heterocycles. The van der Waals surface area contributed by atoms with Gasteiger partial charge in [-0.25, -0.2) is 9.48 Å². The van der Waals surface area contributed by atoms with Crippen LogP contribution in [0.3, 0.4) is 0 Å². The average Bonchev–Trinajstić information content (AvgIpc) is 3.28. The van der Waals surface area contributed by atoms with E-state index in [1.807, 2.05) is 54.8 Å². The van der Waals surface area contributed by atoms with E-state index in [4.69, 9.17) is 4.74 Å². The van der Waals surface area contributed by atoms with Gasteiger partial charge in [0, 0.05) is 4.88 Å². The number of esters is 1. The minimum atomic E-state index is -0.892. The largest absolute Gasteiger partial charge is 0.449 e. The van der Waals surface area contributed by atoms with Gasteiger partial charge in [-0.15, -0.1) is 11.3 Å². The number of aryl methyl sites for hydroxylation is 1. The first-order valence-corrected chi connectivity index (χ1v) is 9.48. The fourth-order valence-electron chi connectivity index (χ4n) is 2.76. The van der Waals surface area contributed by atoms with Gasteiger partial charge in [-0.2, -0.15) is 5.10 Å². The van der Waals surface area contributed by atoms with Gasteiger partial charge in [-0.3, -0.25) is 4.79 Å². The lowest BCUT2D eigenvalue weighted by Crippen LogP contribution is -2.35. The van der Waals surface area contributed by atoms with Crippen molar-refractivity contribution in [1.82, 2.24) is 15.1 Å². The summed E-state index contributed by atoms with van der Waals surface area (Å²) in [5.41, 5.74) is 2.48. The van der Waals surface area contributed by atoms with Gasteiger partial charge in [-0.05, 0) is 44.4 Å². The lowest BCUT2D eigenvalue weighted by atomic mass is 10.2. The van der Waals surface area contributed by atoms with Crippen molar-refractivity contribution in [3.05, 3.63) is 69.7 Å². The predicted octanol–water partition coefficient (Wildman–Crippen LogP) is 3.41. The van der Waals surface area contributed by atoms with Crippen molar-refractivity contribution in [1.29, 1.82) is 0 Å². The number of amides is 1. The van der Waals surface area contributed by atoms with Crippen molar-refractivity contribution in [2.24, 2.45) is 0 Å². The quantitative estimate of drug-likeness (QED) is 0.662. The Morgan fingerprint density at radius 1 is 1.19 bits per heavy atom. The van der Waals surface area contributed by atoms with E-state index in [1.54, 1.807) is 29.9 Å². The molecule has 0 aliphatic heterocycles. The Hall–Kier alpha value is -2.93. The number of hydrogen-bond donors (Lipinski definition) is 1. The number of thiophene rings is 1. The summed E-state index contributed by atoms with van der Waals surface area (Å²) in [4.78, 5) is 25.9. The SMILES string of the molecule is Cc1nn(-c2ccccc2)c(C)c1C(=O)O[C@@H](C)C(=O)NCc1cccs1. The molecule has 0 fully saturated rings. The topological polar surface area (TPSA) is 73.2 Å². The van der Waals surface area contributed by atoms with Gasteiger partial charge < -0.3 is 10.1 Å².